The predicted octanol–water partition coefficient (Wildman–Crippen LogP) is 3.53. The zero-order valence-corrected chi connectivity index (χ0v) is 11.5. The van der Waals surface area contributed by atoms with Crippen LogP contribution in [0.25, 0.3) is 0 Å². The van der Waals surface area contributed by atoms with Gasteiger partial charge in [0, 0.05) is 18.7 Å². The molecule has 106 valence electrons. The standard InChI is InChI=1S/C12H15ClF3N3/c1-7-10(13)17-8(2)18-11(7)19-5-3-9(4-6-19)12(14,15)16/h9H,3-6H2,1-2H3. The highest BCUT2D eigenvalue weighted by molar-refractivity contribution is 6.30. The molecule has 0 aromatic carbocycles. The molecule has 3 nitrogen and oxygen atoms in total. The Morgan fingerprint density at radius 3 is 2.26 bits per heavy atom. The highest BCUT2D eigenvalue weighted by Gasteiger charge is 2.41. The number of nitrogens with zero attached hydrogens (tertiary/aromatic N) is 3. The summed E-state index contributed by atoms with van der Waals surface area (Å²) in [6.45, 7) is 4.19. The van der Waals surface area contributed by atoms with Crippen molar-refractivity contribution in [2.75, 3.05) is 18.0 Å². The summed E-state index contributed by atoms with van der Waals surface area (Å²) in [6.07, 6.45) is -3.90. The van der Waals surface area contributed by atoms with Gasteiger partial charge < -0.3 is 4.90 Å². The van der Waals surface area contributed by atoms with Crippen molar-refractivity contribution in [2.24, 2.45) is 5.92 Å². The molecule has 1 saturated heterocycles. The maximum Gasteiger partial charge on any atom is 0.391 e. The van der Waals surface area contributed by atoms with Gasteiger partial charge in [-0.1, -0.05) is 11.6 Å². The maximum absolute atomic E-state index is 12.6. The van der Waals surface area contributed by atoms with E-state index in [1.54, 1.807) is 13.8 Å². The molecule has 1 fully saturated rings. The molecule has 19 heavy (non-hydrogen) atoms. The molecule has 1 aromatic rings. The van der Waals surface area contributed by atoms with Gasteiger partial charge in [0.2, 0.25) is 0 Å². The fraction of sp³-hybridized carbons (Fsp3) is 0.667. The molecule has 0 saturated carbocycles. The lowest BCUT2D eigenvalue weighted by Gasteiger charge is -2.34. The van der Waals surface area contributed by atoms with E-state index in [1.165, 1.54) is 0 Å². The van der Waals surface area contributed by atoms with Gasteiger partial charge in [-0.15, -0.1) is 0 Å². The molecule has 0 spiro atoms. The minimum Gasteiger partial charge on any atom is -0.356 e. The van der Waals surface area contributed by atoms with Gasteiger partial charge in [-0.3, -0.25) is 0 Å². The number of halogens is 4. The fourth-order valence-corrected chi connectivity index (χ4v) is 2.51. The molecule has 0 radical (unpaired) electrons. The Labute approximate surface area is 114 Å². The monoisotopic (exact) mass is 293 g/mol. The number of hydrogen-bond donors (Lipinski definition) is 0. The predicted molar refractivity (Wildman–Crippen MR) is 67.5 cm³/mol. The van der Waals surface area contributed by atoms with Gasteiger partial charge in [0.05, 0.1) is 5.92 Å². The lowest BCUT2D eigenvalue weighted by molar-refractivity contribution is -0.179. The summed E-state index contributed by atoms with van der Waals surface area (Å²) in [4.78, 5) is 10.2. The second-order valence-electron chi connectivity index (χ2n) is 4.81. The second-order valence-corrected chi connectivity index (χ2v) is 5.17. The summed E-state index contributed by atoms with van der Waals surface area (Å²) >= 11 is 5.98. The Balaban J connectivity index is 2.14. The van der Waals surface area contributed by atoms with Crippen LogP contribution in [0.15, 0.2) is 0 Å². The lowest BCUT2D eigenvalue weighted by atomic mass is 9.96. The molecule has 0 amide bonds. The zero-order valence-electron chi connectivity index (χ0n) is 10.8. The van der Waals surface area contributed by atoms with Gasteiger partial charge in [-0.2, -0.15) is 13.2 Å². The number of aryl methyl sites for hydroxylation is 1. The first kappa shape index (κ1) is 14.4. The van der Waals surface area contributed by atoms with Crippen LogP contribution < -0.4 is 4.90 Å². The number of piperidine rings is 1. The molecule has 7 heteroatoms. The molecular formula is C12H15ClF3N3. The molecule has 0 bridgehead atoms. The average molecular weight is 294 g/mol. The Kier molecular flexibility index (Phi) is 3.90. The largest absolute Gasteiger partial charge is 0.391 e. The van der Waals surface area contributed by atoms with Crippen LogP contribution in [-0.4, -0.2) is 29.2 Å². The molecule has 1 aliphatic heterocycles. The van der Waals surface area contributed by atoms with E-state index in [4.69, 9.17) is 11.6 Å². The van der Waals surface area contributed by atoms with Gasteiger partial charge in [-0.25, -0.2) is 9.97 Å². The third-order valence-corrected chi connectivity index (χ3v) is 3.80. The minimum absolute atomic E-state index is 0.101. The number of anilines is 1. The molecule has 1 aromatic heterocycles. The van der Waals surface area contributed by atoms with Crippen LogP contribution in [0.4, 0.5) is 19.0 Å². The molecule has 0 unspecified atom stereocenters. The van der Waals surface area contributed by atoms with Gasteiger partial charge in [0.15, 0.2) is 0 Å². The Hall–Kier alpha value is -1.04. The van der Waals surface area contributed by atoms with Crippen LogP contribution in [0.1, 0.15) is 24.2 Å². The van der Waals surface area contributed by atoms with Crippen LogP contribution >= 0.6 is 11.6 Å². The fourth-order valence-electron chi connectivity index (χ4n) is 2.31. The van der Waals surface area contributed by atoms with Gasteiger partial charge in [-0.05, 0) is 26.7 Å². The molecule has 1 aliphatic rings. The number of rotatable bonds is 1. The van der Waals surface area contributed by atoms with E-state index in [0.717, 1.165) is 5.56 Å². The van der Waals surface area contributed by atoms with Crippen molar-refractivity contribution in [1.29, 1.82) is 0 Å². The number of aromatic nitrogens is 2. The number of alkyl halides is 3. The molecule has 0 aliphatic carbocycles. The third-order valence-electron chi connectivity index (χ3n) is 3.43. The zero-order chi connectivity index (χ0) is 14.2. The SMILES string of the molecule is Cc1nc(Cl)c(C)c(N2CCC(C(F)(F)F)CC2)n1. The Morgan fingerprint density at radius 1 is 1.16 bits per heavy atom. The highest BCUT2D eigenvalue weighted by atomic mass is 35.5. The summed E-state index contributed by atoms with van der Waals surface area (Å²) in [5.41, 5.74) is 0.720. The van der Waals surface area contributed by atoms with Crippen molar-refractivity contribution in [3.8, 4) is 0 Å². The van der Waals surface area contributed by atoms with Crippen LogP contribution in [0.5, 0.6) is 0 Å². The summed E-state index contributed by atoms with van der Waals surface area (Å²) in [5.74, 6) is -0.0240. The van der Waals surface area contributed by atoms with Crippen molar-refractivity contribution >= 4 is 17.4 Å². The second kappa shape index (κ2) is 5.15. The van der Waals surface area contributed by atoms with Crippen LogP contribution in [0, 0.1) is 19.8 Å². The van der Waals surface area contributed by atoms with E-state index in [1.807, 2.05) is 4.90 Å². The molecule has 0 atom stereocenters. The van der Waals surface area contributed by atoms with E-state index in [0.29, 0.717) is 29.9 Å². The lowest BCUT2D eigenvalue weighted by Crippen LogP contribution is -2.39. The topological polar surface area (TPSA) is 29.0 Å². The molecule has 0 N–H and O–H groups in total. The normalized spacial score (nSPS) is 17.9. The van der Waals surface area contributed by atoms with E-state index in [2.05, 4.69) is 9.97 Å². The van der Waals surface area contributed by atoms with Gasteiger partial charge in [0.1, 0.15) is 16.8 Å². The van der Waals surface area contributed by atoms with Crippen molar-refractivity contribution in [3.05, 3.63) is 16.5 Å². The van der Waals surface area contributed by atoms with Crippen molar-refractivity contribution < 1.29 is 13.2 Å². The van der Waals surface area contributed by atoms with Crippen LogP contribution in [0.2, 0.25) is 5.15 Å². The number of hydrogen-bond acceptors (Lipinski definition) is 3. The first-order valence-electron chi connectivity index (χ1n) is 6.11. The summed E-state index contributed by atoms with van der Waals surface area (Å²) < 4.78 is 37.8. The first-order chi connectivity index (χ1) is 8.79. The molecular weight excluding hydrogens is 279 g/mol. The molecule has 2 rings (SSSR count). The van der Waals surface area contributed by atoms with Crippen LogP contribution in [0.3, 0.4) is 0 Å². The Bertz CT molecular complexity index is 468. The summed E-state index contributed by atoms with van der Waals surface area (Å²) in [7, 11) is 0. The van der Waals surface area contributed by atoms with E-state index < -0.39 is 12.1 Å². The van der Waals surface area contributed by atoms with Crippen molar-refractivity contribution in [1.82, 2.24) is 9.97 Å². The average Bonchev–Trinajstić information content (AvgIpc) is 2.33. The van der Waals surface area contributed by atoms with Crippen LogP contribution in [-0.2, 0) is 0 Å². The maximum atomic E-state index is 12.6. The Morgan fingerprint density at radius 2 is 1.74 bits per heavy atom. The van der Waals surface area contributed by atoms with Gasteiger partial charge >= 0.3 is 6.18 Å². The van der Waals surface area contributed by atoms with Crippen molar-refractivity contribution in [2.45, 2.75) is 32.9 Å². The minimum atomic E-state index is -4.10. The summed E-state index contributed by atoms with van der Waals surface area (Å²) in [6, 6.07) is 0. The first-order valence-corrected chi connectivity index (χ1v) is 6.49. The quantitative estimate of drug-likeness (QED) is 0.742. The van der Waals surface area contributed by atoms with Crippen molar-refractivity contribution in [3.63, 3.8) is 0 Å². The van der Waals surface area contributed by atoms with E-state index in [-0.39, 0.29) is 12.8 Å². The summed E-state index contributed by atoms with van der Waals surface area (Å²) in [5, 5.41) is 0.362. The van der Waals surface area contributed by atoms with E-state index in [9.17, 15) is 13.2 Å². The van der Waals surface area contributed by atoms with E-state index >= 15 is 0 Å². The smallest absolute Gasteiger partial charge is 0.356 e. The van der Waals surface area contributed by atoms with Gasteiger partial charge in [0.25, 0.3) is 0 Å². The highest BCUT2D eigenvalue weighted by Crippen LogP contribution is 2.36. The third kappa shape index (κ3) is 3.11. The molecule has 2 heterocycles.